The van der Waals surface area contributed by atoms with Gasteiger partial charge in [0.1, 0.15) is 11.9 Å². The summed E-state index contributed by atoms with van der Waals surface area (Å²) in [6, 6.07) is 12.1. The maximum absolute atomic E-state index is 6.23. The number of ether oxygens (including phenoxy) is 1. The van der Waals surface area contributed by atoms with E-state index in [0.29, 0.717) is 5.92 Å². The molecule has 1 aromatic heterocycles. The van der Waals surface area contributed by atoms with Crippen LogP contribution in [-0.2, 0) is 0 Å². The van der Waals surface area contributed by atoms with Gasteiger partial charge in [-0.2, -0.15) is 0 Å². The van der Waals surface area contributed by atoms with Gasteiger partial charge in [0.15, 0.2) is 0 Å². The highest BCUT2D eigenvalue weighted by atomic mass is 16.5. The molecule has 0 spiro atoms. The lowest BCUT2D eigenvalue weighted by Gasteiger charge is -2.24. The maximum atomic E-state index is 6.23. The van der Waals surface area contributed by atoms with Gasteiger partial charge in [-0.25, -0.2) is 0 Å². The standard InChI is InChI=1S/C18H24N2O/c1-4-17(19)18(15-9-11-20-12-10-15)21-16-7-5-14(6-8-16)13(2)3/h5-13,17-18H,4,19H2,1-3H3. The van der Waals surface area contributed by atoms with Crippen molar-refractivity contribution in [1.29, 1.82) is 0 Å². The van der Waals surface area contributed by atoms with E-state index < -0.39 is 0 Å². The molecule has 2 rings (SSSR count). The summed E-state index contributed by atoms with van der Waals surface area (Å²) in [6.45, 7) is 6.44. The van der Waals surface area contributed by atoms with Crippen molar-refractivity contribution in [2.24, 2.45) is 5.73 Å². The summed E-state index contributed by atoms with van der Waals surface area (Å²) in [5, 5.41) is 0. The van der Waals surface area contributed by atoms with Crippen molar-refractivity contribution in [2.75, 3.05) is 0 Å². The lowest BCUT2D eigenvalue weighted by molar-refractivity contribution is 0.171. The third kappa shape index (κ3) is 4.05. The van der Waals surface area contributed by atoms with Crippen LogP contribution in [0.4, 0.5) is 0 Å². The summed E-state index contributed by atoms with van der Waals surface area (Å²) < 4.78 is 6.14. The van der Waals surface area contributed by atoms with Crippen LogP contribution in [0.3, 0.4) is 0 Å². The first-order chi connectivity index (χ1) is 10.1. The molecule has 21 heavy (non-hydrogen) atoms. The molecule has 112 valence electrons. The van der Waals surface area contributed by atoms with E-state index in [1.807, 2.05) is 24.3 Å². The first-order valence-electron chi connectivity index (χ1n) is 7.54. The number of pyridine rings is 1. The minimum Gasteiger partial charge on any atom is -0.484 e. The summed E-state index contributed by atoms with van der Waals surface area (Å²) in [5.74, 6) is 1.37. The van der Waals surface area contributed by atoms with Gasteiger partial charge in [0.05, 0.1) is 0 Å². The van der Waals surface area contributed by atoms with Gasteiger partial charge < -0.3 is 10.5 Å². The molecule has 0 saturated carbocycles. The fourth-order valence-corrected chi connectivity index (χ4v) is 2.25. The van der Waals surface area contributed by atoms with Crippen LogP contribution in [0.1, 0.15) is 50.3 Å². The summed E-state index contributed by atoms with van der Waals surface area (Å²) in [7, 11) is 0. The van der Waals surface area contributed by atoms with E-state index in [1.54, 1.807) is 12.4 Å². The molecule has 0 aliphatic heterocycles. The van der Waals surface area contributed by atoms with Crippen molar-refractivity contribution in [2.45, 2.75) is 45.3 Å². The van der Waals surface area contributed by atoms with Crippen LogP contribution in [0.15, 0.2) is 48.8 Å². The summed E-state index contributed by atoms with van der Waals surface area (Å²) in [4.78, 5) is 4.05. The number of hydrogen-bond acceptors (Lipinski definition) is 3. The molecule has 0 radical (unpaired) electrons. The van der Waals surface area contributed by atoms with Crippen molar-refractivity contribution in [1.82, 2.24) is 4.98 Å². The Morgan fingerprint density at radius 1 is 1.00 bits per heavy atom. The number of hydrogen-bond donors (Lipinski definition) is 1. The predicted octanol–water partition coefficient (Wildman–Crippen LogP) is 4.06. The number of nitrogens with zero attached hydrogens (tertiary/aromatic N) is 1. The first kappa shape index (κ1) is 15.5. The topological polar surface area (TPSA) is 48.1 Å². The van der Waals surface area contributed by atoms with Crippen LogP contribution >= 0.6 is 0 Å². The van der Waals surface area contributed by atoms with Crippen molar-refractivity contribution in [3.8, 4) is 5.75 Å². The third-order valence-corrected chi connectivity index (χ3v) is 3.70. The lowest BCUT2D eigenvalue weighted by Crippen LogP contribution is -2.31. The van der Waals surface area contributed by atoms with Crippen molar-refractivity contribution < 1.29 is 4.74 Å². The van der Waals surface area contributed by atoms with Gasteiger partial charge in [-0.15, -0.1) is 0 Å². The molecular weight excluding hydrogens is 260 g/mol. The summed E-state index contributed by atoms with van der Waals surface area (Å²) in [6.07, 6.45) is 4.26. The molecule has 2 aromatic rings. The Morgan fingerprint density at radius 2 is 1.62 bits per heavy atom. The quantitative estimate of drug-likeness (QED) is 0.870. The molecule has 0 aliphatic rings. The molecule has 0 amide bonds. The number of rotatable bonds is 6. The number of benzene rings is 1. The van der Waals surface area contributed by atoms with Crippen LogP contribution in [0.2, 0.25) is 0 Å². The Kier molecular flexibility index (Phi) is 5.34. The van der Waals surface area contributed by atoms with Gasteiger partial charge in [-0.1, -0.05) is 32.9 Å². The molecule has 0 aliphatic carbocycles. The Morgan fingerprint density at radius 3 is 2.14 bits per heavy atom. The van der Waals surface area contributed by atoms with Gasteiger partial charge >= 0.3 is 0 Å². The zero-order chi connectivity index (χ0) is 15.2. The van der Waals surface area contributed by atoms with E-state index in [2.05, 4.69) is 37.9 Å². The van der Waals surface area contributed by atoms with Crippen molar-refractivity contribution in [3.63, 3.8) is 0 Å². The van der Waals surface area contributed by atoms with E-state index in [0.717, 1.165) is 17.7 Å². The Balaban J connectivity index is 2.19. The van der Waals surface area contributed by atoms with Gasteiger partial charge in [-0.05, 0) is 47.7 Å². The third-order valence-electron chi connectivity index (χ3n) is 3.70. The van der Waals surface area contributed by atoms with Crippen molar-refractivity contribution >= 4 is 0 Å². The molecule has 2 N–H and O–H groups in total. The fourth-order valence-electron chi connectivity index (χ4n) is 2.25. The molecule has 2 atom stereocenters. The number of aromatic nitrogens is 1. The maximum Gasteiger partial charge on any atom is 0.139 e. The van der Waals surface area contributed by atoms with Crippen LogP contribution in [0, 0.1) is 0 Å². The smallest absolute Gasteiger partial charge is 0.139 e. The molecule has 3 heteroatoms. The normalized spacial score (nSPS) is 14.0. The predicted molar refractivity (Wildman–Crippen MR) is 86.4 cm³/mol. The molecule has 3 nitrogen and oxygen atoms in total. The average molecular weight is 284 g/mol. The van der Waals surface area contributed by atoms with Crippen molar-refractivity contribution in [3.05, 3.63) is 59.9 Å². The summed E-state index contributed by atoms with van der Waals surface area (Å²) >= 11 is 0. The van der Waals surface area contributed by atoms with Gasteiger partial charge in [0.2, 0.25) is 0 Å². The molecule has 2 unspecified atom stereocenters. The molecular formula is C18H24N2O. The van der Waals surface area contributed by atoms with E-state index in [4.69, 9.17) is 10.5 Å². The Labute approximate surface area is 127 Å². The molecule has 0 bridgehead atoms. The van der Waals surface area contributed by atoms with E-state index in [1.165, 1.54) is 5.56 Å². The van der Waals surface area contributed by atoms with Crippen LogP contribution in [-0.4, -0.2) is 11.0 Å². The lowest BCUT2D eigenvalue weighted by atomic mass is 10.0. The average Bonchev–Trinajstić information content (AvgIpc) is 2.53. The fraction of sp³-hybridized carbons (Fsp3) is 0.389. The van der Waals surface area contributed by atoms with Crippen LogP contribution in [0.5, 0.6) is 5.75 Å². The van der Waals surface area contributed by atoms with Crippen LogP contribution < -0.4 is 10.5 Å². The highest BCUT2D eigenvalue weighted by Crippen LogP contribution is 2.26. The van der Waals surface area contributed by atoms with E-state index in [9.17, 15) is 0 Å². The highest BCUT2D eigenvalue weighted by molar-refractivity contribution is 5.30. The largest absolute Gasteiger partial charge is 0.484 e. The van der Waals surface area contributed by atoms with E-state index >= 15 is 0 Å². The summed E-state index contributed by atoms with van der Waals surface area (Å²) in [5.41, 5.74) is 8.60. The molecule has 0 saturated heterocycles. The second kappa shape index (κ2) is 7.23. The minimum absolute atomic E-state index is 0.0443. The van der Waals surface area contributed by atoms with Gasteiger partial charge in [0.25, 0.3) is 0 Å². The second-order valence-corrected chi connectivity index (χ2v) is 5.61. The second-order valence-electron chi connectivity index (χ2n) is 5.61. The highest BCUT2D eigenvalue weighted by Gasteiger charge is 2.20. The van der Waals surface area contributed by atoms with E-state index in [-0.39, 0.29) is 12.1 Å². The van der Waals surface area contributed by atoms with Gasteiger partial charge in [-0.3, -0.25) is 4.98 Å². The molecule has 1 heterocycles. The monoisotopic (exact) mass is 284 g/mol. The zero-order valence-electron chi connectivity index (χ0n) is 13.0. The van der Waals surface area contributed by atoms with Crippen LogP contribution in [0.25, 0.3) is 0 Å². The van der Waals surface area contributed by atoms with Gasteiger partial charge in [0, 0.05) is 18.4 Å². The minimum atomic E-state index is -0.150. The SMILES string of the molecule is CCC(N)C(Oc1ccc(C(C)C)cc1)c1ccncc1. The molecule has 1 aromatic carbocycles. The first-order valence-corrected chi connectivity index (χ1v) is 7.54. The Bertz CT molecular complexity index is 537. The Hall–Kier alpha value is -1.87. The zero-order valence-corrected chi connectivity index (χ0v) is 13.0. The molecule has 0 fully saturated rings. The number of nitrogens with two attached hydrogens (primary N) is 1.